The molecule has 1 aromatic rings. The van der Waals surface area contributed by atoms with E-state index < -0.39 is 0 Å². The second-order valence-electron chi connectivity index (χ2n) is 2.18. The summed E-state index contributed by atoms with van der Waals surface area (Å²) in [6.45, 7) is 1.85. The first kappa shape index (κ1) is 8.14. The van der Waals surface area contributed by atoms with E-state index in [1.165, 1.54) is 7.11 Å². The van der Waals surface area contributed by atoms with Crippen molar-refractivity contribution < 1.29 is 4.74 Å². The third kappa shape index (κ3) is 1.54. The highest BCUT2D eigenvalue weighted by atomic mass is 35.5. The number of aryl methyl sites for hydroxylation is 1. The largest absolute Gasteiger partial charge is 0.479 e. The van der Waals surface area contributed by atoms with Gasteiger partial charge >= 0.3 is 0 Å². The molecule has 0 spiro atoms. The maximum atomic E-state index is 5.65. The minimum Gasteiger partial charge on any atom is -0.479 e. The summed E-state index contributed by atoms with van der Waals surface area (Å²) in [5.41, 5.74) is 7.03. The maximum absolute atomic E-state index is 5.65. The van der Waals surface area contributed by atoms with Crippen molar-refractivity contribution in [1.29, 1.82) is 0 Å². The molecule has 0 atom stereocenters. The molecule has 0 saturated heterocycles. The van der Waals surface area contributed by atoms with E-state index >= 15 is 0 Å². The van der Waals surface area contributed by atoms with Gasteiger partial charge in [0.25, 0.3) is 0 Å². The molecule has 0 amide bonds. The van der Waals surface area contributed by atoms with Gasteiger partial charge < -0.3 is 10.5 Å². The summed E-state index contributed by atoms with van der Waals surface area (Å²) in [6, 6.07) is 1.69. The van der Waals surface area contributed by atoms with E-state index in [1.54, 1.807) is 6.07 Å². The lowest BCUT2D eigenvalue weighted by molar-refractivity contribution is 0.400. The van der Waals surface area contributed by atoms with Crippen molar-refractivity contribution in [3.63, 3.8) is 0 Å². The Hall–Kier alpha value is -0.960. The number of hydrogen-bond acceptors (Lipinski definition) is 3. The summed E-state index contributed by atoms with van der Waals surface area (Å²) in [5.74, 6) is 0.384. The van der Waals surface area contributed by atoms with Crippen molar-refractivity contribution in [1.82, 2.24) is 4.98 Å². The Morgan fingerprint density at radius 2 is 2.27 bits per heavy atom. The van der Waals surface area contributed by atoms with Crippen LogP contribution in [0.1, 0.15) is 5.56 Å². The summed E-state index contributed by atoms with van der Waals surface area (Å²) >= 11 is 5.65. The molecule has 0 unspecified atom stereocenters. The molecule has 60 valence electrons. The molecule has 0 aromatic carbocycles. The minimum absolute atomic E-state index is 0.384. The van der Waals surface area contributed by atoms with Gasteiger partial charge in [-0.1, -0.05) is 11.6 Å². The van der Waals surface area contributed by atoms with Gasteiger partial charge in [-0.15, -0.1) is 0 Å². The molecule has 4 heteroatoms. The fourth-order valence-corrected chi connectivity index (χ4v) is 1.01. The van der Waals surface area contributed by atoms with Crippen LogP contribution in [-0.2, 0) is 0 Å². The summed E-state index contributed by atoms with van der Waals surface area (Å²) in [7, 11) is 1.51. The molecule has 0 fully saturated rings. The Morgan fingerprint density at radius 1 is 1.64 bits per heavy atom. The summed E-state index contributed by atoms with van der Waals surface area (Å²) < 4.78 is 4.89. The van der Waals surface area contributed by atoms with Crippen LogP contribution in [-0.4, -0.2) is 12.1 Å². The van der Waals surface area contributed by atoms with Crippen LogP contribution in [0.25, 0.3) is 0 Å². The highest BCUT2D eigenvalue weighted by molar-refractivity contribution is 6.29. The second-order valence-corrected chi connectivity index (χ2v) is 2.57. The lowest BCUT2D eigenvalue weighted by Gasteiger charge is -2.05. The van der Waals surface area contributed by atoms with Gasteiger partial charge in [0.05, 0.1) is 12.8 Å². The lowest BCUT2D eigenvalue weighted by atomic mass is 10.2. The zero-order chi connectivity index (χ0) is 8.43. The van der Waals surface area contributed by atoms with Crippen molar-refractivity contribution >= 4 is 17.3 Å². The second kappa shape index (κ2) is 2.96. The predicted octanol–water partition coefficient (Wildman–Crippen LogP) is 1.63. The lowest BCUT2D eigenvalue weighted by Crippen LogP contribution is -1.97. The minimum atomic E-state index is 0.384. The fourth-order valence-electron chi connectivity index (χ4n) is 0.770. The van der Waals surface area contributed by atoms with E-state index in [-0.39, 0.29) is 0 Å². The van der Waals surface area contributed by atoms with E-state index in [4.69, 9.17) is 22.1 Å². The van der Waals surface area contributed by atoms with E-state index in [0.717, 1.165) is 5.56 Å². The SMILES string of the molecule is COc1nc(Cl)cc(C)c1N. The average molecular weight is 173 g/mol. The quantitative estimate of drug-likeness (QED) is 0.656. The third-order valence-corrected chi connectivity index (χ3v) is 1.59. The zero-order valence-electron chi connectivity index (χ0n) is 6.39. The monoisotopic (exact) mass is 172 g/mol. The Kier molecular flexibility index (Phi) is 2.19. The molecule has 2 N–H and O–H groups in total. The molecular formula is C7H9ClN2O. The van der Waals surface area contributed by atoms with Crippen LogP contribution in [0.3, 0.4) is 0 Å². The van der Waals surface area contributed by atoms with Gasteiger partial charge in [0, 0.05) is 0 Å². The van der Waals surface area contributed by atoms with Crippen molar-refractivity contribution in [3.8, 4) is 5.88 Å². The Morgan fingerprint density at radius 3 is 2.82 bits per heavy atom. The molecule has 0 bridgehead atoms. The van der Waals surface area contributed by atoms with Gasteiger partial charge in [0.15, 0.2) is 0 Å². The number of halogens is 1. The molecule has 3 nitrogen and oxygen atoms in total. The smallest absolute Gasteiger partial charge is 0.238 e. The number of rotatable bonds is 1. The highest BCUT2D eigenvalue weighted by Crippen LogP contribution is 2.24. The van der Waals surface area contributed by atoms with E-state index in [9.17, 15) is 0 Å². The van der Waals surface area contributed by atoms with Crippen LogP contribution in [0.5, 0.6) is 5.88 Å². The molecule has 11 heavy (non-hydrogen) atoms. The Labute approximate surface area is 70.1 Å². The number of ether oxygens (including phenoxy) is 1. The van der Waals surface area contributed by atoms with E-state index in [2.05, 4.69) is 4.98 Å². The van der Waals surface area contributed by atoms with Crippen LogP contribution in [0.2, 0.25) is 5.15 Å². The first-order valence-corrected chi connectivity index (χ1v) is 3.49. The molecule has 0 aliphatic carbocycles. The van der Waals surface area contributed by atoms with Gasteiger partial charge in [-0.05, 0) is 18.6 Å². The average Bonchev–Trinajstić information content (AvgIpc) is 1.96. The van der Waals surface area contributed by atoms with Gasteiger partial charge in [0.1, 0.15) is 5.15 Å². The highest BCUT2D eigenvalue weighted by Gasteiger charge is 2.04. The number of methoxy groups -OCH3 is 1. The third-order valence-electron chi connectivity index (χ3n) is 1.39. The van der Waals surface area contributed by atoms with E-state index in [0.29, 0.717) is 16.7 Å². The number of anilines is 1. The molecule has 0 aliphatic heterocycles. The van der Waals surface area contributed by atoms with Crippen molar-refractivity contribution in [2.45, 2.75) is 6.92 Å². The molecule has 1 heterocycles. The van der Waals surface area contributed by atoms with Gasteiger partial charge in [-0.2, -0.15) is 4.98 Å². The Balaban J connectivity index is 3.24. The first-order chi connectivity index (χ1) is 5.15. The summed E-state index contributed by atoms with van der Waals surface area (Å²) in [5, 5.41) is 0.397. The van der Waals surface area contributed by atoms with Crippen molar-refractivity contribution in [2.24, 2.45) is 0 Å². The van der Waals surface area contributed by atoms with Gasteiger partial charge in [0.2, 0.25) is 5.88 Å². The van der Waals surface area contributed by atoms with Crippen LogP contribution in [0.4, 0.5) is 5.69 Å². The fraction of sp³-hybridized carbons (Fsp3) is 0.286. The standard InChI is InChI=1S/C7H9ClN2O/c1-4-3-5(8)10-7(11-2)6(4)9/h3H,9H2,1-2H3. The van der Waals surface area contributed by atoms with Gasteiger partial charge in [-0.3, -0.25) is 0 Å². The van der Waals surface area contributed by atoms with Crippen LogP contribution in [0.15, 0.2) is 6.07 Å². The Bertz CT molecular complexity index is 275. The molecule has 1 aromatic heterocycles. The predicted molar refractivity (Wildman–Crippen MR) is 44.9 cm³/mol. The molecule has 0 radical (unpaired) electrons. The van der Waals surface area contributed by atoms with Gasteiger partial charge in [-0.25, -0.2) is 0 Å². The van der Waals surface area contributed by atoms with E-state index in [1.807, 2.05) is 6.92 Å². The zero-order valence-corrected chi connectivity index (χ0v) is 7.14. The normalized spacial score (nSPS) is 9.73. The summed E-state index contributed by atoms with van der Waals surface area (Å²) in [6.07, 6.45) is 0. The molecule has 1 rings (SSSR count). The number of pyridine rings is 1. The van der Waals surface area contributed by atoms with Crippen LogP contribution >= 0.6 is 11.6 Å². The molecule has 0 saturated carbocycles. The number of aromatic nitrogens is 1. The maximum Gasteiger partial charge on any atom is 0.238 e. The topological polar surface area (TPSA) is 48.1 Å². The number of hydrogen-bond donors (Lipinski definition) is 1. The number of nitrogen functional groups attached to an aromatic ring is 1. The van der Waals surface area contributed by atoms with Crippen molar-refractivity contribution in [2.75, 3.05) is 12.8 Å². The molecule has 0 aliphatic rings. The van der Waals surface area contributed by atoms with Crippen LogP contribution < -0.4 is 10.5 Å². The molecular weight excluding hydrogens is 164 g/mol. The van der Waals surface area contributed by atoms with Crippen LogP contribution in [0, 0.1) is 6.92 Å². The number of nitrogens with zero attached hydrogens (tertiary/aromatic N) is 1. The first-order valence-electron chi connectivity index (χ1n) is 3.11. The number of nitrogens with two attached hydrogens (primary N) is 1. The summed E-state index contributed by atoms with van der Waals surface area (Å²) in [4.78, 5) is 3.87. The van der Waals surface area contributed by atoms with Crippen molar-refractivity contribution in [3.05, 3.63) is 16.8 Å².